The van der Waals surface area contributed by atoms with Crippen LogP contribution in [0.3, 0.4) is 0 Å². The number of nitrogens with one attached hydrogen (secondary N) is 1. The lowest BCUT2D eigenvalue weighted by Gasteiger charge is -2.32. The Kier molecular flexibility index (Phi) is 5.59. The van der Waals surface area contributed by atoms with E-state index in [0.29, 0.717) is 12.1 Å². The van der Waals surface area contributed by atoms with Gasteiger partial charge >= 0.3 is 0 Å². The van der Waals surface area contributed by atoms with Gasteiger partial charge in [-0.1, -0.05) is 25.1 Å². The second kappa shape index (κ2) is 7.20. The van der Waals surface area contributed by atoms with Crippen molar-refractivity contribution in [3.8, 4) is 5.75 Å². The van der Waals surface area contributed by atoms with Crippen LogP contribution in [-0.2, 0) is 6.42 Å². The first-order chi connectivity index (χ1) is 9.20. The quantitative estimate of drug-likeness (QED) is 0.891. The Morgan fingerprint density at radius 1 is 1.42 bits per heavy atom. The predicted octanol–water partition coefficient (Wildman–Crippen LogP) is 3.50. The zero-order valence-electron chi connectivity index (χ0n) is 12.2. The Hall–Kier alpha value is -0.670. The minimum atomic E-state index is 0.488. The van der Waals surface area contributed by atoms with E-state index in [2.05, 4.69) is 43.1 Å². The van der Waals surface area contributed by atoms with Crippen molar-refractivity contribution in [3.05, 3.63) is 29.8 Å². The first-order valence-corrected chi connectivity index (χ1v) is 8.25. The van der Waals surface area contributed by atoms with Crippen LogP contribution >= 0.6 is 11.8 Å². The van der Waals surface area contributed by atoms with Crippen molar-refractivity contribution < 1.29 is 4.74 Å². The Balaban J connectivity index is 1.91. The molecule has 19 heavy (non-hydrogen) atoms. The summed E-state index contributed by atoms with van der Waals surface area (Å²) in [5, 5.41) is 4.52. The molecule has 1 aromatic rings. The maximum atomic E-state index is 5.43. The summed E-state index contributed by atoms with van der Waals surface area (Å²) in [5.41, 5.74) is 1.29. The van der Waals surface area contributed by atoms with Crippen LogP contribution in [0.2, 0.25) is 0 Å². The Morgan fingerprint density at radius 2 is 2.21 bits per heavy atom. The highest BCUT2D eigenvalue weighted by Gasteiger charge is 2.23. The average molecular weight is 279 g/mol. The van der Waals surface area contributed by atoms with E-state index in [1.165, 1.54) is 24.2 Å². The van der Waals surface area contributed by atoms with Crippen LogP contribution < -0.4 is 10.1 Å². The number of rotatable bonds is 5. The number of methoxy groups -OCH3 is 1. The monoisotopic (exact) mass is 279 g/mol. The SMILES string of the molecule is COc1ccccc1CC(C)NC1CCCSC1C. The molecule has 106 valence electrons. The number of ether oxygens (including phenoxy) is 1. The van der Waals surface area contributed by atoms with E-state index in [-0.39, 0.29) is 0 Å². The fraction of sp³-hybridized carbons (Fsp3) is 0.625. The summed E-state index contributed by atoms with van der Waals surface area (Å²) in [6.45, 7) is 4.62. The van der Waals surface area contributed by atoms with E-state index in [9.17, 15) is 0 Å². The molecule has 1 heterocycles. The highest BCUT2D eigenvalue weighted by atomic mass is 32.2. The van der Waals surface area contributed by atoms with Crippen LogP contribution in [0.25, 0.3) is 0 Å². The van der Waals surface area contributed by atoms with E-state index < -0.39 is 0 Å². The lowest BCUT2D eigenvalue weighted by molar-refractivity contribution is 0.390. The van der Waals surface area contributed by atoms with Gasteiger partial charge in [0.05, 0.1) is 7.11 Å². The zero-order valence-corrected chi connectivity index (χ0v) is 13.0. The number of para-hydroxylation sites is 1. The number of hydrogen-bond donors (Lipinski definition) is 1. The van der Waals surface area contributed by atoms with Gasteiger partial charge in [-0.25, -0.2) is 0 Å². The van der Waals surface area contributed by atoms with Gasteiger partial charge in [0.25, 0.3) is 0 Å². The molecule has 0 aliphatic carbocycles. The summed E-state index contributed by atoms with van der Waals surface area (Å²) in [4.78, 5) is 0. The van der Waals surface area contributed by atoms with Crippen molar-refractivity contribution in [2.45, 2.75) is 50.4 Å². The first-order valence-electron chi connectivity index (χ1n) is 7.20. The summed E-state index contributed by atoms with van der Waals surface area (Å²) in [5.74, 6) is 2.32. The standard InChI is InChI=1S/C16H25NOS/c1-12(17-15-8-6-10-19-13(15)2)11-14-7-4-5-9-16(14)18-3/h4-5,7,9,12-13,15,17H,6,8,10-11H2,1-3H3. The van der Waals surface area contributed by atoms with Gasteiger partial charge in [-0.3, -0.25) is 0 Å². The molecule has 2 rings (SSSR count). The molecule has 3 heteroatoms. The molecule has 1 fully saturated rings. The molecular weight excluding hydrogens is 254 g/mol. The van der Waals surface area contributed by atoms with Crippen LogP contribution in [0.4, 0.5) is 0 Å². The van der Waals surface area contributed by atoms with Crippen LogP contribution in [0.5, 0.6) is 5.75 Å². The van der Waals surface area contributed by atoms with E-state index in [4.69, 9.17) is 4.74 Å². The lowest BCUT2D eigenvalue weighted by Crippen LogP contribution is -2.44. The number of thioether (sulfide) groups is 1. The van der Waals surface area contributed by atoms with E-state index in [1.807, 2.05) is 12.1 Å². The fourth-order valence-corrected chi connectivity index (χ4v) is 3.92. The minimum absolute atomic E-state index is 0.488. The third-order valence-electron chi connectivity index (χ3n) is 3.82. The maximum absolute atomic E-state index is 5.43. The smallest absolute Gasteiger partial charge is 0.122 e. The molecule has 1 aromatic carbocycles. The fourth-order valence-electron chi connectivity index (χ4n) is 2.77. The molecule has 1 aliphatic heterocycles. The summed E-state index contributed by atoms with van der Waals surface area (Å²) in [7, 11) is 1.75. The Bertz CT molecular complexity index is 396. The predicted molar refractivity (Wildman–Crippen MR) is 84.2 cm³/mol. The first kappa shape index (κ1) is 14.7. The minimum Gasteiger partial charge on any atom is -0.496 e. The van der Waals surface area contributed by atoms with E-state index >= 15 is 0 Å². The summed E-state index contributed by atoms with van der Waals surface area (Å²) < 4.78 is 5.43. The normalized spacial score (nSPS) is 25.0. The molecule has 1 aliphatic rings. The molecule has 0 radical (unpaired) electrons. The summed E-state index contributed by atoms with van der Waals surface area (Å²) >= 11 is 2.09. The largest absolute Gasteiger partial charge is 0.496 e. The van der Waals surface area contributed by atoms with Crippen molar-refractivity contribution in [3.63, 3.8) is 0 Å². The van der Waals surface area contributed by atoms with Crippen LogP contribution in [0, 0.1) is 0 Å². The third kappa shape index (κ3) is 4.15. The topological polar surface area (TPSA) is 21.3 Å². The van der Waals surface area contributed by atoms with Crippen molar-refractivity contribution in [1.29, 1.82) is 0 Å². The van der Waals surface area contributed by atoms with Gasteiger partial charge in [0.1, 0.15) is 5.75 Å². The molecule has 3 unspecified atom stereocenters. The van der Waals surface area contributed by atoms with Crippen molar-refractivity contribution >= 4 is 11.8 Å². The summed E-state index contributed by atoms with van der Waals surface area (Å²) in [6, 6.07) is 9.46. The highest BCUT2D eigenvalue weighted by molar-refractivity contribution is 7.99. The molecule has 1 saturated heterocycles. The average Bonchev–Trinajstić information content (AvgIpc) is 2.42. The Morgan fingerprint density at radius 3 is 2.95 bits per heavy atom. The lowest BCUT2D eigenvalue weighted by atomic mass is 10.0. The Labute approximate surface area is 121 Å². The van der Waals surface area contributed by atoms with Crippen LogP contribution in [0.15, 0.2) is 24.3 Å². The van der Waals surface area contributed by atoms with Crippen molar-refractivity contribution in [2.24, 2.45) is 0 Å². The van der Waals surface area contributed by atoms with Gasteiger partial charge in [-0.15, -0.1) is 0 Å². The van der Waals surface area contributed by atoms with Gasteiger partial charge in [0.2, 0.25) is 0 Å². The van der Waals surface area contributed by atoms with Crippen LogP contribution in [-0.4, -0.2) is 30.2 Å². The van der Waals surface area contributed by atoms with E-state index in [0.717, 1.165) is 17.4 Å². The maximum Gasteiger partial charge on any atom is 0.122 e. The van der Waals surface area contributed by atoms with Gasteiger partial charge in [-0.05, 0) is 43.6 Å². The van der Waals surface area contributed by atoms with Crippen molar-refractivity contribution in [1.82, 2.24) is 5.32 Å². The highest BCUT2D eigenvalue weighted by Crippen LogP contribution is 2.26. The van der Waals surface area contributed by atoms with Crippen molar-refractivity contribution in [2.75, 3.05) is 12.9 Å². The van der Waals surface area contributed by atoms with E-state index in [1.54, 1.807) is 7.11 Å². The van der Waals surface area contributed by atoms with Crippen LogP contribution in [0.1, 0.15) is 32.3 Å². The molecule has 0 amide bonds. The molecule has 2 nitrogen and oxygen atoms in total. The second-order valence-corrected chi connectivity index (χ2v) is 6.89. The molecule has 0 saturated carbocycles. The zero-order chi connectivity index (χ0) is 13.7. The molecule has 3 atom stereocenters. The molecular formula is C16H25NOS. The molecule has 1 N–H and O–H groups in total. The van der Waals surface area contributed by atoms with Gasteiger partial charge in [0.15, 0.2) is 0 Å². The number of hydrogen-bond acceptors (Lipinski definition) is 3. The summed E-state index contributed by atoms with van der Waals surface area (Å²) in [6.07, 6.45) is 3.68. The molecule has 0 aromatic heterocycles. The third-order valence-corrected chi connectivity index (χ3v) is 5.20. The second-order valence-electron chi connectivity index (χ2n) is 5.41. The molecule has 0 bridgehead atoms. The van der Waals surface area contributed by atoms with Gasteiger partial charge in [0, 0.05) is 17.3 Å². The van der Waals surface area contributed by atoms with Gasteiger partial charge in [-0.2, -0.15) is 11.8 Å². The van der Waals surface area contributed by atoms with Gasteiger partial charge < -0.3 is 10.1 Å². The molecule has 0 spiro atoms. The number of benzene rings is 1.